The Morgan fingerprint density at radius 2 is 2.00 bits per heavy atom. The number of ether oxygens (including phenoxy) is 1. The van der Waals surface area contributed by atoms with E-state index in [1.54, 1.807) is 0 Å². The molecule has 0 unspecified atom stereocenters. The second-order valence-electron chi connectivity index (χ2n) is 3.02. The minimum Gasteiger partial charge on any atom is -0.385 e. The van der Waals surface area contributed by atoms with Crippen molar-refractivity contribution in [2.75, 3.05) is 26.8 Å². The molecule has 0 aromatic rings. The van der Waals surface area contributed by atoms with Crippen LogP contribution in [0.5, 0.6) is 0 Å². The number of hydrogen-bond donors (Lipinski definition) is 2. The number of thiocarbonyl (C=S) groups is 1. The number of rotatable bonds is 7. The topological polar surface area (TPSA) is 33.3 Å². The summed E-state index contributed by atoms with van der Waals surface area (Å²) < 4.78 is 53.1. The SMILES string of the molecule is COCCCNC(=S)NCC(F)(F)C(F)F. The molecule has 0 aromatic carbocycles. The van der Waals surface area contributed by atoms with Crippen LogP contribution in [-0.4, -0.2) is 44.3 Å². The lowest BCUT2D eigenvalue weighted by molar-refractivity contribution is -0.122. The van der Waals surface area contributed by atoms with Gasteiger partial charge in [0, 0.05) is 20.3 Å². The van der Waals surface area contributed by atoms with Gasteiger partial charge in [-0.3, -0.25) is 0 Å². The van der Waals surface area contributed by atoms with Crippen molar-refractivity contribution in [3.05, 3.63) is 0 Å². The van der Waals surface area contributed by atoms with E-state index in [1.807, 2.05) is 5.32 Å². The van der Waals surface area contributed by atoms with Crippen molar-refractivity contribution in [3.63, 3.8) is 0 Å². The van der Waals surface area contributed by atoms with E-state index < -0.39 is 18.9 Å². The van der Waals surface area contributed by atoms with Gasteiger partial charge in [0.2, 0.25) is 0 Å². The van der Waals surface area contributed by atoms with Gasteiger partial charge < -0.3 is 15.4 Å². The van der Waals surface area contributed by atoms with Crippen molar-refractivity contribution < 1.29 is 22.3 Å². The molecule has 0 spiro atoms. The summed E-state index contributed by atoms with van der Waals surface area (Å²) in [6.07, 6.45) is -3.06. The zero-order chi connectivity index (χ0) is 12.6. The Morgan fingerprint density at radius 1 is 1.38 bits per heavy atom. The second-order valence-corrected chi connectivity index (χ2v) is 3.43. The minimum atomic E-state index is -4.07. The summed E-state index contributed by atoms with van der Waals surface area (Å²) in [7, 11) is 1.53. The molecular formula is C8H14F4N2OS. The summed E-state index contributed by atoms with van der Waals surface area (Å²) in [4.78, 5) is 0. The van der Waals surface area contributed by atoms with Gasteiger partial charge in [-0.25, -0.2) is 8.78 Å². The van der Waals surface area contributed by atoms with Crippen LogP contribution in [0.1, 0.15) is 6.42 Å². The molecule has 0 aliphatic carbocycles. The largest absolute Gasteiger partial charge is 0.385 e. The van der Waals surface area contributed by atoms with E-state index in [9.17, 15) is 17.6 Å². The Kier molecular flexibility index (Phi) is 7.31. The maximum atomic E-state index is 12.4. The van der Waals surface area contributed by atoms with Crippen molar-refractivity contribution in [2.45, 2.75) is 18.8 Å². The average Bonchev–Trinajstić information content (AvgIpc) is 2.21. The standard InChI is InChI=1S/C8H14F4N2OS/c1-15-4-2-3-13-7(16)14-5-8(11,12)6(9)10/h6H,2-5H2,1H3,(H2,13,14,16). The number of halogens is 4. The molecule has 0 bridgehead atoms. The van der Waals surface area contributed by atoms with Gasteiger partial charge in [-0.15, -0.1) is 0 Å². The molecule has 0 aliphatic rings. The summed E-state index contributed by atoms with van der Waals surface area (Å²) >= 11 is 4.62. The molecule has 2 N–H and O–H groups in total. The molecule has 8 heteroatoms. The van der Waals surface area contributed by atoms with Crippen LogP contribution >= 0.6 is 12.2 Å². The van der Waals surface area contributed by atoms with Gasteiger partial charge in [-0.1, -0.05) is 0 Å². The Morgan fingerprint density at radius 3 is 2.50 bits per heavy atom. The van der Waals surface area contributed by atoms with Crippen LogP contribution in [0.2, 0.25) is 0 Å². The molecule has 0 heterocycles. The van der Waals surface area contributed by atoms with E-state index in [0.717, 1.165) is 0 Å². The van der Waals surface area contributed by atoms with Crippen molar-refractivity contribution in [1.29, 1.82) is 0 Å². The molecule has 0 fully saturated rings. The van der Waals surface area contributed by atoms with Crippen molar-refractivity contribution in [2.24, 2.45) is 0 Å². The van der Waals surface area contributed by atoms with Crippen LogP contribution in [0.15, 0.2) is 0 Å². The van der Waals surface area contributed by atoms with Crippen LogP contribution in [0.25, 0.3) is 0 Å². The molecule has 16 heavy (non-hydrogen) atoms. The summed E-state index contributed by atoms with van der Waals surface area (Å²) in [5.41, 5.74) is 0. The smallest absolute Gasteiger partial charge is 0.324 e. The number of methoxy groups -OCH3 is 1. The van der Waals surface area contributed by atoms with Gasteiger partial charge in [0.25, 0.3) is 0 Å². The minimum absolute atomic E-state index is 0.0728. The van der Waals surface area contributed by atoms with Gasteiger partial charge in [0.1, 0.15) is 0 Å². The Hall–Kier alpha value is -0.630. The summed E-state index contributed by atoms with van der Waals surface area (Å²) in [6.45, 7) is -0.247. The Balaban J connectivity index is 3.65. The average molecular weight is 262 g/mol. The quantitative estimate of drug-likeness (QED) is 0.413. The first-order chi connectivity index (χ1) is 7.40. The zero-order valence-corrected chi connectivity index (χ0v) is 9.55. The highest BCUT2D eigenvalue weighted by molar-refractivity contribution is 7.80. The number of nitrogens with one attached hydrogen (secondary N) is 2. The molecule has 0 aliphatic heterocycles. The lowest BCUT2D eigenvalue weighted by Crippen LogP contribution is -2.45. The van der Waals surface area contributed by atoms with Crippen LogP contribution in [0.4, 0.5) is 17.6 Å². The maximum Gasteiger partial charge on any atom is 0.324 e. The van der Waals surface area contributed by atoms with Crippen molar-refractivity contribution in [3.8, 4) is 0 Å². The third kappa shape index (κ3) is 6.78. The second kappa shape index (κ2) is 7.61. The third-order valence-electron chi connectivity index (χ3n) is 1.61. The predicted octanol–water partition coefficient (Wildman–Crippen LogP) is 1.39. The van der Waals surface area contributed by atoms with Crippen molar-refractivity contribution >= 4 is 17.3 Å². The van der Waals surface area contributed by atoms with E-state index in [-0.39, 0.29) is 5.11 Å². The van der Waals surface area contributed by atoms with E-state index in [2.05, 4.69) is 17.5 Å². The summed E-state index contributed by atoms with van der Waals surface area (Å²) in [5, 5.41) is 4.55. The lowest BCUT2D eigenvalue weighted by Gasteiger charge is -2.17. The Bertz CT molecular complexity index is 216. The van der Waals surface area contributed by atoms with Gasteiger partial charge in [-0.2, -0.15) is 8.78 Å². The van der Waals surface area contributed by atoms with Gasteiger partial charge >= 0.3 is 12.3 Å². The van der Waals surface area contributed by atoms with E-state index in [4.69, 9.17) is 4.74 Å². The van der Waals surface area contributed by atoms with Crippen LogP contribution in [0.3, 0.4) is 0 Å². The maximum absolute atomic E-state index is 12.4. The lowest BCUT2D eigenvalue weighted by atomic mass is 10.3. The van der Waals surface area contributed by atoms with Crippen molar-refractivity contribution in [1.82, 2.24) is 10.6 Å². The molecule has 0 rings (SSSR count). The highest BCUT2D eigenvalue weighted by atomic mass is 32.1. The molecule has 0 atom stereocenters. The van der Waals surface area contributed by atoms with Gasteiger partial charge in [0.15, 0.2) is 5.11 Å². The van der Waals surface area contributed by atoms with Gasteiger partial charge in [-0.05, 0) is 18.6 Å². The molecule has 3 nitrogen and oxygen atoms in total. The molecule has 96 valence electrons. The predicted molar refractivity (Wildman–Crippen MR) is 56.0 cm³/mol. The number of hydrogen-bond acceptors (Lipinski definition) is 2. The molecule has 0 saturated heterocycles. The molecule has 0 amide bonds. The first-order valence-electron chi connectivity index (χ1n) is 4.56. The molecule has 0 aromatic heterocycles. The fourth-order valence-corrected chi connectivity index (χ4v) is 0.930. The highest BCUT2D eigenvalue weighted by Crippen LogP contribution is 2.21. The first-order valence-corrected chi connectivity index (χ1v) is 4.97. The normalized spacial score (nSPS) is 11.6. The molecule has 0 saturated carbocycles. The fourth-order valence-electron chi connectivity index (χ4n) is 0.756. The van der Waals surface area contributed by atoms with Crippen LogP contribution in [-0.2, 0) is 4.74 Å². The fraction of sp³-hybridized carbons (Fsp3) is 0.875. The summed E-state index contributed by atoms with van der Waals surface area (Å²) in [5.74, 6) is -4.07. The molecular weight excluding hydrogens is 248 g/mol. The van der Waals surface area contributed by atoms with Crippen LogP contribution < -0.4 is 10.6 Å². The highest BCUT2D eigenvalue weighted by Gasteiger charge is 2.40. The monoisotopic (exact) mass is 262 g/mol. The van der Waals surface area contributed by atoms with Crippen LogP contribution in [0, 0.1) is 0 Å². The zero-order valence-electron chi connectivity index (χ0n) is 8.73. The first kappa shape index (κ1) is 15.4. The van der Waals surface area contributed by atoms with E-state index >= 15 is 0 Å². The third-order valence-corrected chi connectivity index (χ3v) is 1.90. The Labute approximate surface area is 96.5 Å². The van der Waals surface area contributed by atoms with E-state index in [0.29, 0.717) is 19.6 Å². The summed E-state index contributed by atoms with van der Waals surface area (Å²) in [6, 6.07) is 0. The van der Waals surface area contributed by atoms with E-state index in [1.165, 1.54) is 7.11 Å². The van der Waals surface area contributed by atoms with Gasteiger partial charge in [0.05, 0.1) is 6.54 Å². The molecule has 0 radical (unpaired) electrons. The number of alkyl halides is 4.